The van der Waals surface area contributed by atoms with Gasteiger partial charge in [-0.05, 0) is 60.8 Å². The molecule has 0 atom stereocenters. The topological polar surface area (TPSA) is 26.8 Å². The highest BCUT2D eigenvalue weighted by Crippen LogP contribution is 2.48. The Bertz CT molecular complexity index is 631. The summed E-state index contributed by atoms with van der Waals surface area (Å²) >= 11 is 0. The number of anilines is 2. The van der Waals surface area contributed by atoms with Crippen molar-refractivity contribution in [3.63, 3.8) is 0 Å². The van der Waals surface area contributed by atoms with Crippen LogP contribution in [0.4, 0.5) is 11.4 Å². The number of hydrogen-bond acceptors (Lipinski definition) is 4. The zero-order valence-corrected chi connectivity index (χ0v) is 15.5. The number of carbonyl (C=O) groups excluding carboxylic acids is 1. The van der Waals surface area contributed by atoms with Gasteiger partial charge in [0, 0.05) is 6.54 Å². The molecule has 1 aromatic rings. The maximum Gasteiger partial charge on any atom is 0.155 e. The molecule has 23 heavy (non-hydrogen) atoms. The van der Waals surface area contributed by atoms with E-state index >= 15 is 0 Å². The first-order valence-electron chi connectivity index (χ1n) is 8.04. The Morgan fingerprint density at radius 3 is 2.00 bits per heavy atom. The minimum absolute atomic E-state index is 0.126. The van der Waals surface area contributed by atoms with Crippen LogP contribution in [0.25, 0.3) is 0 Å². The molecule has 4 heteroatoms. The molecule has 0 spiro atoms. The molecule has 0 amide bonds. The Hall–Kier alpha value is -1.81. The number of ketones is 1. The fourth-order valence-electron chi connectivity index (χ4n) is 3.52. The van der Waals surface area contributed by atoms with E-state index in [9.17, 15) is 4.79 Å². The molecule has 1 aliphatic rings. The van der Waals surface area contributed by atoms with Gasteiger partial charge in [-0.25, -0.2) is 0 Å². The summed E-state index contributed by atoms with van der Waals surface area (Å²) in [7, 11) is 4.15. The van der Waals surface area contributed by atoms with Gasteiger partial charge in [-0.1, -0.05) is 18.7 Å². The van der Waals surface area contributed by atoms with Gasteiger partial charge >= 0.3 is 0 Å². The molecule has 0 aromatic heterocycles. The van der Waals surface area contributed by atoms with Crippen LogP contribution in [-0.2, 0) is 4.79 Å². The van der Waals surface area contributed by atoms with Crippen molar-refractivity contribution >= 4 is 17.2 Å². The fourth-order valence-corrected chi connectivity index (χ4v) is 3.52. The summed E-state index contributed by atoms with van der Waals surface area (Å²) in [5.41, 5.74) is 1.39. The molecule has 2 rings (SSSR count). The average Bonchev–Trinajstić information content (AvgIpc) is 2.69. The van der Waals surface area contributed by atoms with Crippen LogP contribution in [0, 0.1) is 0 Å². The Morgan fingerprint density at radius 2 is 1.57 bits per heavy atom. The predicted octanol–water partition coefficient (Wildman–Crippen LogP) is 3.49. The van der Waals surface area contributed by atoms with Gasteiger partial charge in [0.1, 0.15) is 5.82 Å². The van der Waals surface area contributed by atoms with Gasteiger partial charge in [-0.3, -0.25) is 4.79 Å². The smallest absolute Gasteiger partial charge is 0.155 e. The standard InChI is InChI=1S/C19H29N3O/c1-14(23)19(5,6)22-15(2)21(18(3,4)13-20(7)8)16-11-9-10-12-17(16)22/h9-12H,2,13H2,1,3-8H3. The number of Topliss-reactive ketones (excluding diaryl/α,β-unsaturated/α-hetero) is 1. The number of benzene rings is 1. The largest absolute Gasteiger partial charge is 0.319 e. The minimum atomic E-state index is -0.629. The van der Waals surface area contributed by atoms with E-state index in [4.69, 9.17) is 0 Å². The van der Waals surface area contributed by atoms with Crippen LogP contribution >= 0.6 is 0 Å². The average molecular weight is 315 g/mol. The van der Waals surface area contributed by atoms with E-state index in [1.165, 1.54) is 0 Å². The van der Waals surface area contributed by atoms with Crippen LogP contribution in [0.5, 0.6) is 0 Å². The lowest BCUT2D eigenvalue weighted by atomic mass is 9.97. The molecule has 0 saturated heterocycles. The lowest BCUT2D eigenvalue weighted by Crippen LogP contribution is -2.54. The summed E-state index contributed by atoms with van der Waals surface area (Å²) < 4.78 is 0. The molecular weight excluding hydrogens is 286 g/mol. The lowest BCUT2D eigenvalue weighted by molar-refractivity contribution is -0.120. The van der Waals surface area contributed by atoms with Crippen LogP contribution in [0.15, 0.2) is 36.7 Å². The monoisotopic (exact) mass is 315 g/mol. The van der Waals surface area contributed by atoms with E-state index < -0.39 is 5.54 Å². The van der Waals surface area contributed by atoms with E-state index in [-0.39, 0.29) is 11.3 Å². The molecular formula is C19H29N3O. The summed E-state index contributed by atoms with van der Waals surface area (Å²) in [4.78, 5) is 18.7. The molecule has 0 fully saturated rings. The highest BCUT2D eigenvalue weighted by molar-refractivity contribution is 5.95. The first kappa shape index (κ1) is 17.5. The maximum atomic E-state index is 12.2. The van der Waals surface area contributed by atoms with Crippen molar-refractivity contribution in [1.82, 2.24) is 4.90 Å². The second kappa shape index (κ2) is 5.68. The van der Waals surface area contributed by atoms with E-state index in [0.29, 0.717) is 0 Å². The molecule has 0 radical (unpaired) electrons. The summed E-state index contributed by atoms with van der Waals surface area (Å²) in [5.74, 6) is 0.985. The number of carbonyl (C=O) groups is 1. The summed E-state index contributed by atoms with van der Waals surface area (Å²) in [6.45, 7) is 15.2. The Kier molecular flexibility index (Phi) is 4.33. The molecule has 0 bridgehead atoms. The quantitative estimate of drug-likeness (QED) is 0.831. The summed E-state index contributed by atoms with van der Waals surface area (Å²) in [5, 5.41) is 0. The second-order valence-electron chi connectivity index (χ2n) is 7.74. The number of hydrogen-bond donors (Lipinski definition) is 0. The zero-order valence-electron chi connectivity index (χ0n) is 15.5. The van der Waals surface area contributed by atoms with Gasteiger partial charge < -0.3 is 14.7 Å². The number of nitrogens with zero attached hydrogens (tertiary/aromatic N) is 3. The SMILES string of the molecule is C=C1N(C(C)(C)CN(C)C)c2ccccc2N1C(C)(C)C(C)=O. The van der Waals surface area contributed by atoms with E-state index in [0.717, 1.165) is 23.7 Å². The van der Waals surface area contributed by atoms with Crippen molar-refractivity contribution in [1.29, 1.82) is 0 Å². The third kappa shape index (κ3) is 2.88. The van der Waals surface area contributed by atoms with Crippen molar-refractivity contribution in [3.8, 4) is 0 Å². The molecule has 0 unspecified atom stereocenters. The zero-order chi connectivity index (χ0) is 17.6. The fraction of sp³-hybridized carbons (Fsp3) is 0.526. The van der Waals surface area contributed by atoms with Crippen LogP contribution < -0.4 is 9.80 Å². The highest BCUT2D eigenvalue weighted by atomic mass is 16.1. The third-order valence-electron chi connectivity index (χ3n) is 4.61. The first-order valence-corrected chi connectivity index (χ1v) is 8.04. The Labute approximate surface area is 140 Å². The van der Waals surface area contributed by atoms with Gasteiger partial charge in [0.05, 0.1) is 22.5 Å². The Morgan fingerprint density at radius 1 is 1.09 bits per heavy atom. The van der Waals surface area contributed by atoms with Crippen molar-refractivity contribution < 1.29 is 4.79 Å². The molecule has 1 aliphatic heterocycles. The van der Waals surface area contributed by atoms with Crippen LogP contribution in [0.1, 0.15) is 34.6 Å². The van der Waals surface area contributed by atoms with Crippen molar-refractivity contribution in [2.75, 3.05) is 30.4 Å². The van der Waals surface area contributed by atoms with Crippen molar-refractivity contribution in [3.05, 3.63) is 36.7 Å². The van der Waals surface area contributed by atoms with Gasteiger partial charge in [0.15, 0.2) is 5.78 Å². The molecule has 4 nitrogen and oxygen atoms in total. The molecule has 0 N–H and O–H groups in total. The van der Waals surface area contributed by atoms with Crippen molar-refractivity contribution in [2.45, 2.75) is 45.7 Å². The molecule has 0 aliphatic carbocycles. The third-order valence-corrected chi connectivity index (χ3v) is 4.61. The van der Waals surface area contributed by atoms with E-state index in [1.807, 2.05) is 26.0 Å². The number of rotatable bonds is 5. The van der Waals surface area contributed by atoms with Crippen molar-refractivity contribution in [2.24, 2.45) is 0 Å². The van der Waals surface area contributed by atoms with Gasteiger partial charge in [-0.2, -0.15) is 0 Å². The van der Waals surface area contributed by atoms with Gasteiger partial charge in [0.2, 0.25) is 0 Å². The number of para-hydroxylation sites is 2. The minimum Gasteiger partial charge on any atom is -0.319 e. The Balaban J connectivity index is 2.57. The molecule has 1 aromatic carbocycles. The normalized spacial score (nSPS) is 15.4. The van der Waals surface area contributed by atoms with Gasteiger partial charge in [0.25, 0.3) is 0 Å². The molecule has 1 heterocycles. The summed E-state index contributed by atoms with van der Waals surface area (Å²) in [6, 6.07) is 8.22. The van der Waals surface area contributed by atoms with Crippen LogP contribution in [0.3, 0.4) is 0 Å². The van der Waals surface area contributed by atoms with E-state index in [1.54, 1.807) is 6.92 Å². The summed E-state index contributed by atoms with van der Waals surface area (Å²) in [6.07, 6.45) is 0. The number of fused-ring (bicyclic) bond motifs is 1. The second-order valence-corrected chi connectivity index (χ2v) is 7.74. The van der Waals surface area contributed by atoms with Crippen LogP contribution in [-0.4, -0.2) is 42.4 Å². The molecule has 0 saturated carbocycles. The van der Waals surface area contributed by atoms with Gasteiger partial charge in [-0.15, -0.1) is 0 Å². The lowest BCUT2D eigenvalue weighted by Gasteiger charge is -2.42. The van der Waals surface area contributed by atoms with E-state index in [2.05, 4.69) is 61.4 Å². The highest BCUT2D eigenvalue weighted by Gasteiger charge is 2.45. The molecule has 126 valence electrons. The van der Waals surface area contributed by atoms with Crippen LogP contribution in [0.2, 0.25) is 0 Å². The first-order chi connectivity index (χ1) is 10.5. The number of likely N-dealkylation sites (N-methyl/N-ethyl adjacent to an activating group) is 1. The predicted molar refractivity (Wildman–Crippen MR) is 97.9 cm³/mol. The maximum absolute atomic E-state index is 12.2.